The molecule has 0 aromatic rings. The topological polar surface area (TPSA) is 105 Å². The van der Waals surface area contributed by atoms with Gasteiger partial charge in [0.25, 0.3) is 0 Å². The number of fused-ring (bicyclic) bond motifs is 3. The minimum Gasteiger partial charge on any atom is -0.423 e. The van der Waals surface area contributed by atoms with Crippen LogP contribution in [0.4, 0.5) is 0 Å². The van der Waals surface area contributed by atoms with E-state index in [0.717, 1.165) is 0 Å². The molecule has 24 heavy (non-hydrogen) atoms. The fraction of sp³-hybridized carbons (Fsp3) is 0.706. The molecule has 3 heterocycles. The van der Waals surface area contributed by atoms with Gasteiger partial charge in [0, 0.05) is 25.0 Å². The van der Waals surface area contributed by atoms with E-state index in [-0.39, 0.29) is 30.8 Å². The maximum absolute atomic E-state index is 12.2. The molecule has 134 valence electrons. The summed E-state index contributed by atoms with van der Waals surface area (Å²) in [5, 5.41) is 32.1. The number of hydrogen-bond acceptors (Lipinski definition) is 7. The molecule has 0 aromatic heterocycles. The van der Waals surface area contributed by atoms with Crippen molar-refractivity contribution in [3.63, 3.8) is 0 Å². The third kappa shape index (κ3) is 2.70. The summed E-state index contributed by atoms with van der Waals surface area (Å²) >= 11 is 0. The summed E-state index contributed by atoms with van der Waals surface area (Å²) in [7, 11) is 0. The number of rotatable bonds is 3. The van der Waals surface area contributed by atoms with Gasteiger partial charge in [-0.3, -0.25) is 0 Å². The van der Waals surface area contributed by atoms with Crippen LogP contribution >= 0.6 is 0 Å². The smallest absolute Gasteiger partial charge is 0.342 e. The Balaban J connectivity index is 2.10. The van der Waals surface area contributed by atoms with Gasteiger partial charge in [0.05, 0.1) is 23.9 Å². The quantitative estimate of drug-likeness (QED) is 0.644. The van der Waals surface area contributed by atoms with Gasteiger partial charge < -0.3 is 29.5 Å². The second-order valence-corrected chi connectivity index (χ2v) is 7.12. The van der Waals surface area contributed by atoms with Crippen molar-refractivity contribution in [2.45, 2.75) is 63.1 Å². The summed E-state index contributed by atoms with van der Waals surface area (Å²) in [6.45, 7) is 5.40. The summed E-state index contributed by atoms with van der Waals surface area (Å²) in [6, 6.07) is 0. The second kappa shape index (κ2) is 5.64. The van der Waals surface area contributed by atoms with E-state index in [1.54, 1.807) is 19.9 Å². The highest BCUT2D eigenvalue weighted by Gasteiger charge is 2.58. The van der Waals surface area contributed by atoms with E-state index in [4.69, 9.17) is 14.2 Å². The summed E-state index contributed by atoms with van der Waals surface area (Å²) in [6.07, 6.45) is 0.875. The molecule has 0 amide bonds. The molecule has 4 atom stereocenters. The monoisotopic (exact) mass is 340 g/mol. The zero-order valence-corrected chi connectivity index (χ0v) is 14.2. The van der Waals surface area contributed by atoms with E-state index in [1.807, 2.05) is 0 Å². The van der Waals surface area contributed by atoms with Gasteiger partial charge >= 0.3 is 5.97 Å². The lowest BCUT2D eigenvalue weighted by Gasteiger charge is -2.39. The molecular weight excluding hydrogens is 316 g/mol. The van der Waals surface area contributed by atoms with Gasteiger partial charge in [0.2, 0.25) is 0 Å². The van der Waals surface area contributed by atoms with Crippen LogP contribution in [0.5, 0.6) is 0 Å². The number of aliphatic hydroxyl groups is 3. The van der Waals surface area contributed by atoms with Gasteiger partial charge in [-0.15, -0.1) is 0 Å². The zero-order chi connectivity index (χ0) is 17.8. The van der Waals surface area contributed by atoms with E-state index >= 15 is 0 Å². The molecule has 3 rings (SSSR count). The molecule has 2 bridgehead atoms. The van der Waals surface area contributed by atoms with Gasteiger partial charge in [-0.1, -0.05) is 0 Å². The Morgan fingerprint density at radius 3 is 2.71 bits per heavy atom. The fourth-order valence-electron chi connectivity index (χ4n) is 3.59. The minimum atomic E-state index is -1.77. The Labute approximate surface area is 140 Å². The highest BCUT2D eigenvalue weighted by atomic mass is 16.7. The molecule has 0 radical (unpaired) electrons. The van der Waals surface area contributed by atoms with Crippen molar-refractivity contribution in [3.8, 4) is 0 Å². The van der Waals surface area contributed by atoms with Gasteiger partial charge in [0.15, 0.2) is 5.79 Å². The van der Waals surface area contributed by atoms with E-state index in [0.29, 0.717) is 18.6 Å². The molecule has 3 N–H and O–H groups in total. The molecule has 7 nitrogen and oxygen atoms in total. The second-order valence-electron chi connectivity index (χ2n) is 7.12. The first-order chi connectivity index (χ1) is 11.1. The maximum atomic E-state index is 12.2. The average Bonchev–Trinajstić information content (AvgIpc) is 2.94. The van der Waals surface area contributed by atoms with Gasteiger partial charge in [-0.05, 0) is 33.3 Å². The van der Waals surface area contributed by atoms with Crippen LogP contribution in [0.2, 0.25) is 0 Å². The molecule has 7 heteroatoms. The van der Waals surface area contributed by atoms with Crippen LogP contribution in [-0.2, 0) is 19.0 Å². The highest BCUT2D eigenvalue weighted by molar-refractivity contribution is 5.95. The van der Waals surface area contributed by atoms with E-state index in [2.05, 4.69) is 0 Å². The molecule has 1 fully saturated rings. The number of esters is 1. The molecule has 3 aliphatic rings. The van der Waals surface area contributed by atoms with Crippen molar-refractivity contribution < 1.29 is 34.3 Å². The largest absolute Gasteiger partial charge is 0.423 e. The third-order valence-electron chi connectivity index (χ3n) is 5.05. The molecule has 0 saturated carbocycles. The van der Waals surface area contributed by atoms with Crippen LogP contribution < -0.4 is 0 Å². The van der Waals surface area contributed by atoms with Crippen molar-refractivity contribution in [1.82, 2.24) is 0 Å². The van der Waals surface area contributed by atoms with Crippen molar-refractivity contribution in [1.29, 1.82) is 0 Å². The SMILES string of the molecule is CCOCC1=C2C(=C[C@@]3(C)CC[C@@](O)(O3)[C@](C)(O)C[C@@H]2O)OC1=O. The number of ether oxygens (including phenoxy) is 3. The van der Waals surface area contributed by atoms with Crippen molar-refractivity contribution in [2.24, 2.45) is 0 Å². The Kier molecular flexibility index (Phi) is 4.13. The first-order valence-electron chi connectivity index (χ1n) is 8.20. The summed E-state index contributed by atoms with van der Waals surface area (Å²) in [5.74, 6) is -2.13. The van der Waals surface area contributed by atoms with Crippen molar-refractivity contribution in [3.05, 3.63) is 23.0 Å². The van der Waals surface area contributed by atoms with Gasteiger partial charge in [0.1, 0.15) is 11.4 Å². The number of carbonyl (C=O) groups is 1. The first kappa shape index (κ1) is 17.6. The summed E-state index contributed by atoms with van der Waals surface area (Å²) in [4.78, 5) is 12.2. The predicted molar refractivity (Wildman–Crippen MR) is 82.6 cm³/mol. The average molecular weight is 340 g/mol. The summed E-state index contributed by atoms with van der Waals surface area (Å²) < 4.78 is 16.4. The van der Waals surface area contributed by atoms with Gasteiger partial charge in [-0.25, -0.2) is 4.79 Å². The Bertz CT molecular complexity index is 620. The van der Waals surface area contributed by atoms with Crippen molar-refractivity contribution in [2.75, 3.05) is 13.2 Å². The molecular formula is C17H24O7. The van der Waals surface area contributed by atoms with Gasteiger partial charge in [-0.2, -0.15) is 0 Å². The minimum absolute atomic E-state index is 0.0169. The van der Waals surface area contributed by atoms with Crippen LogP contribution in [0.15, 0.2) is 23.0 Å². The van der Waals surface area contributed by atoms with E-state index in [1.165, 1.54) is 6.92 Å². The van der Waals surface area contributed by atoms with Crippen LogP contribution in [0, 0.1) is 0 Å². The fourth-order valence-corrected chi connectivity index (χ4v) is 3.59. The standard InChI is InChI=1S/C17H24O7/c1-4-22-9-10-13-11(18)7-16(3,20)17(21)6-5-15(2,24-17)8-12(13)23-14(10)19/h8,11,18,20-21H,4-7,9H2,1-3H3/t11-,15+,16+,17+/m0/s1. The van der Waals surface area contributed by atoms with E-state index in [9.17, 15) is 20.1 Å². The lowest BCUT2D eigenvalue weighted by atomic mass is 9.82. The lowest BCUT2D eigenvalue weighted by molar-refractivity contribution is -0.297. The third-order valence-corrected chi connectivity index (χ3v) is 5.05. The molecule has 0 unspecified atom stereocenters. The zero-order valence-electron chi connectivity index (χ0n) is 14.2. The van der Waals surface area contributed by atoms with E-state index < -0.39 is 29.1 Å². The lowest BCUT2D eigenvalue weighted by Crippen LogP contribution is -2.54. The maximum Gasteiger partial charge on any atom is 0.342 e. The Morgan fingerprint density at radius 2 is 2.04 bits per heavy atom. The highest BCUT2D eigenvalue weighted by Crippen LogP contribution is 2.48. The van der Waals surface area contributed by atoms with Crippen LogP contribution in [0.1, 0.15) is 40.0 Å². The molecule has 0 spiro atoms. The summed E-state index contributed by atoms with van der Waals surface area (Å²) in [5.41, 5.74) is -2.07. The Hall–Kier alpha value is -1.25. The van der Waals surface area contributed by atoms with Crippen LogP contribution in [0.25, 0.3) is 0 Å². The number of carbonyl (C=O) groups excluding carboxylic acids is 1. The molecule has 1 saturated heterocycles. The Morgan fingerprint density at radius 1 is 1.33 bits per heavy atom. The normalized spacial score (nSPS) is 42.2. The predicted octanol–water partition coefficient (Wildman–Crippen LogP) is 0.533. The molecule has 0 aromatic carbocycles. The number of hydrogen-bond donors (Lipinski definition) is 3. The van der Waals surface area contributed by atoms with Crippen molar-refractivity contribution >= 4 is 5.97 Å². The number of aliphatic hydroxyl groups excluding tert-OH is 1. The van der Waals surface area contributed by atoms with Crippen LogP contribution in [-0.4, -0.2) is 57.6 Å². The molecule has 3 aliphatic heterocycles. The molecule has 0 aliphatic carbocycles. The first-order valence-corrected chi connectivity index (χ1v) is 8.20. The van der Waals surface area contributed by atoms with Crippen LogP contribution in [0.3, 0.4) is 0 Å².